The number of halogens is 1. The number of benzene rings is 2. The Morgan fingerprint density at radius 2 is 1.86 bits per heavy atom. The van der Waals surface area contributed by atoms with Gasteiger partial charge >= 0.3 is 5.97 Å². The standard InChI is InChI=1S/C16H14BrNO3/c1-10-8-11(6-7-14(10)17)15(19)18-13-5-3-4-12(9-13)16(20)21-2/h3-9H,1-2H3,(H,18,19). The van der Waals surface area contributed by atoms with E-state index < -0.39 is 5.97 Å². The van der Waals surface area contributed by atoms with Crippen molar-refractivity contribution in [1.29, 1.82) is 0 Å². The highest BCUT2D eigenvalue weighted by Crippen LogP contribution is 2.18. The molecule has 2 aromatic rings. The van der Waals surface area contributed by atoms with Crippen molar-refractivity contribution in [2.45, 2.75) is 6.92 Å². The Bertz CT molecular complexity index is 698. The number of amides is 1. The Labute approximate surface area is 131 Å². The Morgan fingerprint density at radius 1 is 1.10 bits per heavy atom. The van der Waals surface area contributed by atoms with Crippen molar-refractivity contribution in [2.24, 2.45) is 0 Å². The summed E-state index contributed by atoms with van der Waals surface area (Å²) >= 11 is 3.40. The average molecular weight is 348 g/mol. The number of ether oxygens (including phenoxy) is 1. The predicted octanol–water partition coefficient (Wildman–Crippen LogP) is 3.80. The van der Waals surface area contributed by atoms with Gasteiger partial charge in [-0.1, -0.05) is 22.0 Å². The summed E-state index contributed by atoms with van der Waals surface area (Å²) < 4.78 is 5.60. The van der Waals surface area contributed by atoms with Gasteiger partial charge in [0.05, 0.1) is 12.7 Å². The first kappa shape index (κ1) is 15.3. The number of carbonyl (C=O) groups excluding carboxylic acids is 2. The van der Waals surface area contributed by atoms with Crippen LogP contribution < -0.4 is 5.32 Å². The number of anilines is 1. The summed E-state index contributed by atoms with van der Waals surface area (Å²) in [4.78, 5) is 23.6. The van der Waals surface area contributed by atoms with Crippen LogP contribution >= 0.6 is 15.9 Å². The summed E-state index contributed by atoms with van der Waals surface area (Å²) in [6.45, 7) is 1.92. The van der Waals surface area contributed by atoms with Gasteiger partial charge in [-0.2, -0.15) is 0 Å². The highest BCUT2D eigenvalue weighted by Gasteiger charge is 2.10. The molecule has 0 aromatic heterocycles. The van der Waals surface area contributed by atoms with Gasteiger partial charge in [-0.3, -0.25) is 4.79 Å². The third-order valence-electron chi connectivity index (χ3n) is 2.96. The lowest BCUT2D eigenvalue weighted by Crippen LogP contribution is -2.12. The van der Waals surface area contributed by atoms with Gasteiger partial charge < -0.3 is 10.1 Å². The molecule has 4 nitrogen and oxygen atoms in total. The summed E-state index contributed by atoms with van der Waals surface area (Å²) in [6, 6.07) is 12.0. The monoisotopic (exact) mass is 347 g/mol. The molecule has 1 amide bonds. The van der Waals surface area contributed by atoms with E-state index in [0.29, 0.717) is 16.8 Å². The largest absolute Gasteiger partial charge is 0.465 e. The normalized spacial score (nSPS) is 10.0. The smallest absolute Gasteiger partial charge is 0.337 e. The fourth-order valence-electron chi connectivity index (χ4n) is 1.83. The molecule has 0 unspecified atom stereocenters. The molecule has 0 saturated carbocycles. The van der Waals surface area contributed by atoms with Gasteiger partial charge in [-0.15, -0.1) is 0 Å². The fraction of sp³-hybridized carbons (Fsp3) is 0.125. The molecule has 0 atom stereocenters. The number of aryl methyl sites for hydroxylation is 1. The van der Waals surface area contributed by atoms with Gasteiger partial charge in [-0.05, 0) is 48.9 Å². The quantitative estimate of drug-likeness (QED) is 0.859. The zero-order valence-electron chi connectivity index (χ0n) is 11.6. The van der Waals surface area contributed by atoms with Gasteiger partial charge in [-0.25, -0.2) is 4.79 Å². The van der Waals surface area contributed by atoms with Gasteiger partial charge in [0.15, 0.2) is 0 Å². The van der Waals surface area contributed by atoms with Gasteiger partial charge in [0.25, 0.3) is 5.91 Å². The molecule has 0 bridgehead atoms. The molecule has 0 aliphatic carbocycles. The molecule has 0 saturated heterocycles. The molecule has 0 heterocycles. The average Bonchev–Trinajstić information content (AvgIpc) is 2.49. The van der Waals surface area contributed by atoms with E-state index in [0.717, 1.165) is 10.0 Å². The van der Waals surface area contributed by atoms with E-state index in [2.05, 4.69) is 26.0 Å². The number of nitrogens with one attached hydrogen (secondary N) is 1. The van der Waals surface area contributed by atoms with Crippen LogP contribution in [0.1, 0.15) is 26.3 Å². The predicted molar refractivity (Wildman–Crippen MR) is 84.6 cm³/mol. The summed E-state index contributed by atoms with van der Waals surface area (Å²) in [5.74, 6) is -0.668. The van der Waals surface area contributed by atoms with Crippen LogP contribution in [0, 0.1) is 6.92 Å². The molecule has 2 aromatic carbocycles. The van der Waals surface area contributed by atoms with Crippen molar-refractivity contribution in [3.05, 3.63) is 63.6 Å². The number of methoxy groups -OCH3 is 1. The second-order valence-electron chi connectivity index (χ2n) is 4.49. The van der Waals surface area contributed by atoms with E-state index in [1.807, 2.05) is 13.0 Å². The van der Waals surface area contributed by atoms with E-state index in [1.165, 1.54) is 7.11 Å². The van der Waals surface area contributed by atoms with Crippen molar-refractivity contribution in [1.82, 2.24) is 0 Å². The molecule has 5 heteroatoms. The maximum Gasteiger partial charge on any atom is 0.337 e. The van der Waals surface area contributed by atoms with Crippen LogP contribution in [0.15, 0.2) is 46.9 Å². The zero-order valence-corrected chi connectivity index (χ0v) is 13.2. The van der Waals surface area contributed by atoms with Crippen molar-refractivity contribution in [3.63, 3.8) is 0 Å². The van der Waals surface area contributed by atoms with Crippen LogP contribution in [0.2, 0.25) is 0 Å². The highest BCUT2D eigenvalue weighted by atomic mass is 79.9. The molecule has 2 rings (SSSR count). The Hall–Kier alpha value is -2.14. The van der Waals surface area contributed by atoms with Crippen LogP contribution in [0.4, 0.5) is 5.69 Å². The van der Waals surface area contributed by atoms with Crippen LogP contribution in [-0.4, -0.2) is 19.0 Å². The number of hydrogen-bond acceptors (Lipinski definition) is 3. The van der Waals surface area contributed by atoms with E-state index in [9.17, 15) is 9.59 Å². The Morgan fingerprint density at radius 3 is 2.52 bits per heavy atom. The molecule has 0 aliphatic heterocycles. The number of esters is 1. The van der Waals surface area contributed by atoms with E-state index in [-0.39, 0.29) is 5.91 Å². The molecule has 1 N–H and O–H groups in total. The summed E-state index contributed by atoms with van der Waals surface area (Å²) in [7, 11) is 1.32. The minimum absolute atomic E-state index is 0.229. The maximum atomic E-state index is 12.2. The third kappa shape index (κ3) is 3.70. The van der Waals surface area contributed by atoms with Crippen molar-refractivity contribution < 1.29 is 14.3 Å². The molecule has 0 aliphatic rings. The second kappa shape index (κ2) is 6.54. The lowest BCUT2D eigenvalue weighted by molar-refractivity contribution is 0.0600. The highest BCUT2D eigenvalue weighted by molar-refractivity contribution is 9.10. The second-order valence-corrected chi connectivity index (χ2v) is 5.34. The maximum absolute atomic E-state index is 12.2. The summed E-state index contributed by atoms with van der Waals surface area (Å²) in [5.41, 5.74) is 2.47. The van der Waals surface area contributed by atoms with E-state index in [1.54, 1.807) is 36.4 Å². The lowest BCUT2D eigenvalue weighted by Gasteiger charge is -2.08. The van der Waals surface area contributed by atoms with Gasteiger partial charge in [0.2, 0.25) is 0 Å². The number of rotatable bonds is 3. The number of carbonyl (C=O) groups is 2. The van der Waals surface area contributed by atoms with Crippen molar-refractivity contribution in [2.75, 3.05) is 12.4 Å². The first-order valence-electron chi connectivity index (χ1n) is 6.27. The molecule has 0 radical (unpaired) electrons. The Kier molecular flexibility index (Phi) is 4.75. The Balaban J connectivity index is 2.19. The lowest BCUT2D eigenvalue weighted by atomic mass is 10.1. The molecule has 0 fully saturated rings. The van der Waals surface area contributed by atoms with Crippen LogP contribution in [0.25, 0.3) is 0 Å². The first-order valence-corrected chi connectivity index (χ1v) is 7.06. The van der Waals surface area contributed by atoms with E-state index >= 15 is 0 Å². The molecule has 0 spiro atoms. The molecule has 21 heavy (non-hydrogen) atoms. The minimum Gasteiger partial charge on any atom is -0.465 e. The molecule has 108 valence electrons. The fourth-order valence-corrected chi connectivity index (χ4v) is 2.08. The van der Waals surface area contributed by atoms with Crippen molar-refractivity contribution >= 4 is 33.5 Å². The minimum atomic E-state index is -0.439. The van der Waals surface area contributed by atoms with Crippen LogP contribution in [0.3, 0.4) is 0 Å². The van der Waals surface area contributed by atoms with Gasteiger partial charge in [0.1, 0.15) is 0 Å². The topological polar surface area (TPSA) is 55.4 Å². The SMILES string of the molecule is COC(=O)c1cccc(NC(=O)c2ccc(Br)c(C)c2)c1. The molecular formula is C16H14BrNO3. The van der Waals surface area contributed by atoms with Gasteiger partial charge in [0, 0.05) is 15.7 Å². The van der Waals surface area contributed by atoms with Crippen LogP contribution in [0.5, 0.6) is 0 Å². The zero-order chi connectivity index (χ0) is 15.4. The third-order valence-corrected chi connectivity index (χ3v) is 3.85. The summed E-state index contributed by atoms with van der Waals surface area (Å²) in [6.07, 6.45) is 0. The summed E-state index contributed by atoms with van der Waals surface area (Å²) in [5, 5.41) is 2.76. The van der Waals surface area contributed by atoms with Crippen molar-refractivity contribution in [3.8, 4) is 0 Å². The van der Waals surface area contributed by atoms with E-state index in [4.69, 9.17) is 0 Å². The first-order chi connectivity index (χ1) is 10.0. The molecular weight excluding hydrogens is 334 g/mol. The number of hydrogen-bond donors (Lipinski definition) is 1. The van der Waals surface area contributed by atoms with Crippen LogP contribution in [-0.2, 0) is 4.74 Å².